The van der Waals surface area contributed by atoms with Crippen molar-refractivity contribution in [3.8, 4) is 11.8 Å². The van der Waals surface area contributed by atoms with E-state index in [0.29, 0.717) is 12.1 Å². The second-order valence-electron chi connectivity index (χ2n) is 5.51. The van der Waals surface area contributed by atoms with E-state index in [1.54, 1.807) is 27.0 Å². The number of hydrogen-bond acceptors (Lipinski definition) is 3. The number of rotatable bonds is 3. The Balaban J connectivity index is 2.92. The van der Waals surface area contributed by atoms with E-state index >= 15 is 0 Å². The Morgan fingerprint density at radius 1 is 1.45 bits per heavy atom. The molecular formula is C16H22N2O2. The summed E-state index contributed by atoms with van der Waals surface area (Å²) in [6.07, 6.45) is 0. The summed E-state index contributed by atoms with van der Waals surface area (Å²) in [6, 6.07) is 5.38. The Kier molecular flexibility index (Phi) is 5.32. The van der Waals surface area contributed by atoms with Crippen molar-refractivity contribution in [1.82, 2.24) is 4.90 Å². The van der Waals surface area contributed by atoms with Crippen LogP contribution in [0.15, 0.2) is 18.2 Å². The van der Waals surface area contributed by atoms with Crippen molar-refractivity contribution in [2.24, 2.45) is 5.73 Å². The van der Waals surface area contributed by atoms with Crippen molar-refractivity contribution < 1.29 is 9.90 Å². The van der Waals surface area contributed by atoms with E-state index in [1.807, 2.05) is 19.1 Å². The summed E-state index contributed by atoms with van der Waals surface area (Å²) in [6.45, 7) is 5.85. The second-order valence-corrected chi connectivity index (χ2v) is 5.51. The van der Waals surface area contributed by atoms with Crippen LogP contribution in [0.25, 0.3) is 0 Å². The first-order valence-corrected chi connectivity index (χ1v) is 6.52. The van der Waals surface area contributed by atoms with Gasteiger partial charge < -0.3 is 15.7 Å². The molecule has 0 aromatic heterocycles. The molecule has 0 heterocycles. The smallest absolute Gasteiger partial charge is 0.253 e. The van der Waals surface area contributed by atoms with Gasteiger partial charge in [0.1, 0.15) is 0 Å². The van der Waals surface area contributed by atoms with Crippen LogP contribution < -0.4 is 5.73 Å². The van der Waals surface area contributed by atoms with E-state index in [9.17, 15) is 9.90 Å². The largest absolute Gasteiger partial charge is 0.389 e. The highest BCUT2D eigenvalue weighted by Crippen LogP contribution is 2.13. The molecule has 0 aliphatic rings. The summed E-state index contributed by atoms with van der Waals surface area (Å²) in [5.41, 5.74) is 6.84. The molecule has 1 amide bonds. The van der Waals surface area contributed by atoms with Gasteiger partial charge in [-0.15, -0.1) is 0 Å². The number of carbonyl (C=O) groups is 1. The van der Waals surface area contributed by atoms with Crippen LogP contribution in [0.3, 0.4) is 0 Å². The first-order chi connectivity index (χ1) is 9.24. The van der Waals surface area contributed by atoms with Gasteiger partial charge in [-0.05, 0) is 44.5 Å². The number of amides is 1. The van der Waals surface area contributed by atoms with Crippen LogP contribution in [-0.2, 0) is 0 Å². The maximum Gasteiger partial charge on any atom is 0.253 e. The third-order valence-corrected chi connectivity index (χ3v) is 2.77. The lowest BCUT2D eigenvalue weighted by Gasteiger charge is -2.25. The van der Waals surface area contributed by atoms with Crippen LogP contribution in [0.1, 0.15) is 35.3 Å². The summed E-state index contributed by atoms with van der Waals surface area (Å²) in [5.74, 6) is 5.65. The lowest BCUT2D eigenvalue weighted by molar-refractivity contribution is 0.0368. The van der Waals surface area contributed by atoms with Crippen molar-refractivity contribution >= 4 is 5.91 Å². The lowest BCUT2D eigenvalue weighted by Crippen LogP contribution is -2.39. The van der Waals surface area contributed by atoms with Gasteiger partial charge in [-0.2, -0.15) is 0 Å². The number of aryl methyl sites for hydroxylation is 1. The van der Waals surface area contributed by atoms with Crippen molar-refractivity contribution in [1.29, 1.82) is 0 Å². The molecule has 0 aliphatic heterocycles. The normalized spacial score (nSPS) is 10.7. The molecule has 0 unspecified atom stereocenters. The fourth-order valence-electron chi connectivity index (χ4n) is 1.96. The summed E-state index contributed by atoms with van der Waals surface area (Å²) in [4.78, 5) is 13.8. The van der Waals surface area contributed by atoms with Crippen LogP contribution >= 0.6 is 0 Å². The highest BCUT2D eigenvalue weighted by molar-refractivity contribution is 5.94. The molecule has 3 N–H and O–H groups in total. The zero-order valence-corrected chi connectivity index (χ0v) is 12.5. The minimum Gasteiger partial charge on any atom is -0.389 e. The Labute approximate surface area is 120 Å². The predicted octanol–water partition coefficient (Wildman–Crippen LogP) is 1.15. The lowest BCUT2D eigenvalue weighted by atomic mass is 10.0. The molecule has 4 heteroatoms. The zero-order valence-electron chi connectivity index (χ0n) is 12.5. The average Bonchev–Trinajstić information content (AvgIpc) is 2.34. The van der Waals surface area contributed by atoms with Gasteiger partial charge in [0.25, 0.3) is 5.91 Å². The molecule has 0 atom stereocenters. The first-order valence-electron chi connectivity index (χ1n) is 6.52. The van der Waals surface area contributed by atoms with Crippen LogP contribution in [0.4, 0.5) is 0 Å². The van der Waals surface area contributed by atoms with Gasteiger partial charge in [0.15, 0.2) is 0 Å². The number of nitrogens with zero attached hydrogens (tertiary/aromatic N) is 1. The van der Waals surface area contributed by atoms with E-state index in [0.717, 1.165) is 11.1 Å². The number of nitrogens with two attached hydrogens (primary N) is 1. The highest BCUT2D eigenvalue weighted by atomic mass is 16.3. The highest BCUT2D eigenvalue weighted by Gasteiger charge is 2.20. The predicted molar refractivity (Wildman–Crippen MR) is 80.4 cm³/mol. The zero-order chi connectivity index (χ0) is 15.3. The SMILES string of the molecule is Cc1cc(C(=O)N(C)CC(C)(C)O)ccc1C#CCN. The van der Waals surface area contributed by atoms with Gasteiger partial charge in [0, 0.05) is 24.7 Å². The van der Waals surface area contributed by atoms with E-state index in [2.05, 4.69) is 11.8 Å². The molecule has 20 heavy (non-hydrogen) atoms. The van der Waals surface area contributed by atoms with E-state index in [4.69, 9.17) is 5.73 Å². The summed E-state index contributed by atoms with van der Waals surface area (Å²) in [7, 11) is 1.68. The third kappa shape index (κ3) is 4.69. The Morgan fingerprint density at radius 3 is 2.60 bits per heavy atom. The van der Waals surface area contributed by atoms with Crippen LogP contribution in [0, 0.1) is 18.8 Å². The maximum absolute atomic E-state index is 12.3. The van der Waals surface area contributed by atoms with Crippen LogP contribution in [-0.4, -0.2) is 41.7 Å². The molecular weight excluding hydrogens is 252 g/mol. The Morgan fingerprint density at radius 2 is 2.10 bits per heavy atom. The number of likely N-dealkylation sites (N-methyl/N-ethyl adjacent to an activating group) is 1. The van der Waals surface area contributed by atoms with Crippen LogP contribution in [0.2, 0.25) is 0 Å². The minimum atomic E-state index is -0.911. The van der Waals surface area contributed by atoms with Crippen molar-refractivity contribution in [2.75, 3.05) is 20.1 Å². The van der Waals surface area contributed by atoms with Gasteiger partial charge in [0.05, 0.1) is 12.1 Å². The first kappa shape index (κ1) is 16.2. The number of benzene rings is 1. The summed E-state index contributed by atoms with van der Waals surface area (Å²) < 4.78 is 0. The van der Waals surface area contributed by atoms with Gasteiger partial charge in [0.2, 0.25) is 0 Å². The monoisotopic (exact) mass is 274 g/mol. The van der Waals surface area contributed by atoms with E-state index in [-0.39, 0.29) is 12.5 Å². The van der Waals surface area contributed by atoms with E-state index < -0.39 is 5.60 Å². The molecule has 0 spiro atoms. The molecule has 0 saturated heterocycles. The molecule has 0 bridgehead atoms. The van der Waals surface area contributed by atoms with Crippen molar-refractivity contribution in [2.45, 2.75) is 26.4 Å². The van der Waals surface area contributed by atoms with E-state index in [1.165, 1.54) is 4.90 Å². The van der Waals surface area contributed by atoms with Crippen molar-refractivity contribution in [3.63, 3.8) is 0 Å². The molecule has 108 valence electrons. The quantitative estimate of drug-likeness (QED) is 0.813. The molecule has 0 fully saturated rings. The average molecular weight is 274 g/mol. The third-order valence-electron chi connectivity index (χ3n) is 2.77. The fraction of sp³-hybridized carbons (Fsp3) is 0.438. The molecule has 1 aromatic carbocycles. The maximum atomic E-state index is 12.3. The number of aliphatic hydroxyl groups is 1. The molecule has 4 nitrogen and oxygen atoms in total. The second kappa shape index (κ2) is 6.56. The Bertz CT molecular complexity index is 548. The molecule has 1 rings (SSSR count). The van der Waals surface area contributed by atoms with Crippen LogP contribution in [0.5, 0.6) is 0 Å². The van der Waals surface area contributed by atoms with Gasteiger partial charge in [-0.3, -0.25) is 4.79 Å². The molecule has 0 radical (unpaired) electrons. The molecule has 0 saturated carbocycles. The van der Waals surface area contributed by atoms with Gasteiger partial charge in [-0.1, -0.05) is 11.8 Å². The molecule has 0 aliphatic carbocycles. The standard InChI is InChI=1S/C16H22N2O2/c1-12-10-14(8-7-13(12)6-5-9-17)15(19)18(4)11-16(2,3)20/h7-8,10,20H,9,11,17H2,1-4H3. The number of hydrogen-bond donors (Lipinski definition) is 2. The van der Waals surface area contributed by atoms with Crippen molar-refractivity contribution in [3.05, 3.63) is 34.9 Å². The van der Waals surface area contributed by atoms with Gasteiger partial charge >= 0.3 is 0 Å². The van der Waals surface area contributed by atoms with Gasteiger partial charge in [-0.25, -0.2) is 0 Å². The fourth-order valence-corrected chi connectivity index (χ4v) is 1.96. The summed E-state index contributed by atoms with van der Waals surface area (Å²) >= 11 is 0. The Hall–Kier alpha value is -1.83. The minimum absolute atomic E-state index is 0.117. The summed E-state index contributed by atoms with van der Waals surface area (Å²) in [5, 5.41) is 9.76. The molecule has 1 aromatic rings. The topological polar surface area (TPSA) is 66.6 Å². The number of carbonyl (C=O) groups excluding carboxylic acids is 1.